The zero-order chi connectivity index (χ0) is 43.5. The quantitative estimate of drug-likeness (QED) is 0.0221. The highest BCUT2D eigenvalue weighted by Crippen LogP contribution is 2.49. The second-order valence-corrected chi connectivity index (χ2v) is 17.4. The lowest BCUT2D eigenvalue weighted by atomic mass is 9.81. The Morgan fingerprint density at radius 1 is 0.966 bits per heavy atom. The van der Waals surface area contributed by atoms with E-state index in [-0.39, 0.29) is 17.2 Å². The van der Waals surface area contributed by atoms with Crippen molar-refractivity contribution in [1.82, 2.24) is 10.2 Å². The lowest BCUT2D eigenvalue weighted by Gasteiger charge is -2.27. The number of carbonyl (C=O) groups is 4. The fourth-order valence-corrected chi connectivity index (χ4v) is 8.22. The third-order valence-electron chi connectivity index (χ3n) is 10.5. The molecule has 1 amide bonds. The molecule has 0 aliphatic carbocycles. The van der Waals surface area contributed by atoms with Gasteiger partial charge in [0.25, 0.3) is 10.1 Å². The third-order valence-corrected chi connectivity index (χ3v) is 11.9. The number of ether oxygens (including phenoxy) is 1. The number of nitrogens with one attached hydrogen (secondary N) is 1. The number of benzene rings is 2. The first-order valence-electron chi connectivity index (χ1n) is 19.0. The standard InChI is InChI=1S/C40H52N4O13S2/c1-39(2)28-23-27(59(52,53)54)17-18-30(28)42-33(39)13-11-14-34-40(3,4)29-22-26(58-57-56-51)16-19-31(29)44(34)21-10-6-7-15-35(45)41-20-9-8-12-32(38(49)50)43(24-36(46)47)25-37(48)55-5/h11,13-14,16-19,22-23,32,51H,6-10,12,15,20-21,24-25H2,1-5H3,(H,41,45)(H,46,47)(H,49,50)(H,52,53,54)/b13-11+,34-14+. The molecule has 0 aromatic heterocycles. The molecule has 0 fully saturated rings. The highest BCUT2D eigenvalue weighted by molar-refractivity contribution is 7.94. The maximum Gasteiger partial charge on any atom is 0.320 e. The Bertz CT molecular complexity index is 2080. The van der Waals surface area contributed by atoms with Crippen LogP contribution in [0.5, 0.6) is 0 Å². The molecule has 0 radical (unpaired) electrons. The Morgan fingerprint density at radius 2 is 1.71 bits per heavy atom. The van der Waals surface area contributed by atoms with Gasteiger partial charge in [0.15, 0.2) is 0 Å². The zero-order valence-corrected chi connectivity index (χ0v) is 35.3. The van der Waals surface area contributed by atoms with E-state index < -0.39 is 58.0 Å². The molecule has 19 heteroatoms. The number of carboxylic acid groups (broad SMARTS) is 2. The van der Waals surface area contributed by atoms with Gasteiger partial charge >= 0.3 is 17.9 Å². The largest absolute Gasteiger partial charge is 0.480 e. The van der Waals surface area contributed by atoms with Crippen molar-refractivity contribution in [3.63, 3.8) is 0 Å². The number of rotatable bonds is 23. The van der Waals surface area contributed by atoms with Crippen LogP contribution in [0.2, 0.25) is 0 Å². The van der Waals surface area contributed by atoms with Gasteiger partial charge in [-0.3, -0.25) is 33.6 Å². The number of unbranched alkanes of at least 4 members (excludes halogenated alkanes) is 3. The van der Waals surface area contributed by atoms with Crippen LogP contribution >= 0.6 is 12.0 Å². The molecule has 59 heavy (non-hydrogen) atoms. The van der Waals surface area contributed by atoms with Crippen LogP contribution in [0.3, 0.4) is 0 Å². The van der Waals surface area contributed by atoms with Gasteiger partial charge in [0.05, 0.1) is 48.5 Å². The first kappa shape index (κ1) is 47.1. The summed E-state index contributed by atoms with van der Waals surface area (Å²) in [7, 11) is -3.24. The smallest absolute Gasteiger partial charge is 0.320 e. The predicted molar refractivity (Wildman–Crippen MR) is 219 cm³/mol. The van der Waals surface area contributed by atoms with E-state index in [2.05, 4.69) is 38.2 Å². The topological polar surface area (TPSA) is 242 Å². The van der Waals surface area contributed by atoms with Crippen molar-refractivity contribution >= 4 is 63.1 Å². The van der Waals surface area contributed by atoms with Gasteiger partial charge in [-0.15, -0.1) is 4.33 Å². The summed E-state index contributed by atoms with van der Waals surface area (Å²) >= 11 is 0.872. The van der Waals surface area contributed by atoms with Crippen LogP contribution in [0.4, 0.5) is 11.4 Å². The molecule has 5 N–H and O–H groups in total. The summed E-state index contributed by atoms with van der Waals surface area (Å²) in [5, 5.41) is 34.2. The van der Waals surface area contributed by atoms with Crippen LogP contribution in [0.1, 0.15) is 83.8 Å². The number of aliphatic imine (C=N–C) groups is 1. The van der Waals surface area contributed by atoms with Crippen LogP contribution in [-0.4, -0.2) is 102 Å². The van der Waals surface area contributed by atoms with E-state index in [0.29, 0.717) is 50.0 Å². The van der Waals surface area contributed by atoms with Gasteiger partial charge < -0.3 is 25.2 Å². The molecule has 322 valence electrons. The maximum atomic E-state index is 12.6. The molecule has 2 aromatic carbocycles. The Kier molecular flexibility index (Phi) is 16.4. The highest BCUT2D eigenvalue weighted by atomic mass is 32.2. The number of nitrogens with zero attached hydrogens (tertiary/aromatic N) is 3. The molecular weight excluding hydrogens is 809 g/mol. The van der Waals surface area contributed by atoms with E-state index in [1.165, 1.54) is 12.1 Å². The normalized spacial score (nSPS) is 16.6. The number of carboxylic acids is 2. The molecule has 2 aromatic rings. The van der Waals surface area contributed by atoms with E-state index >= 15 is 0 Å². The van der Waals surface area contributed by atoms with Crippen molar-refractivity contribution in [3.8, 4) is 0 Å². The summed E-state index contributed by atoms with van der Waals surface area (Å²) in [6.45, 7) is 7.95. The minimum Gasteiger partial charge on any atom is -0.480 e. The number of carbonyl (C=O) groups excluding carboxylic acids is 2. The molecule has 1 atom stereocenters. The van der Waals surface area contributed by atoms with Gasteiger partial charge in [-0.1, -0.05) is 45.2 Å². The Morgan fingerprint density at radius 3 is 2.37 bits per heavy atom. The third kappa shape index (κ3) is 12.2. The Balaban J connectivity index is 1.35. The van der Waals surface area contributed by atoms with Crippen LogP contribution in [0, 0.1) is 0 Å². The number of methoxy groups -OCH3 is 1. The van der Waals surface area contributed by atoms with Crippen molar-refractivity contribution in [2.24, 2.45) is 4.99 Å². The second-order valence-electron chi connectivity index (χ2n) is 15.3. The summed E-state index contributed by atoms with van der Waals surface area (Å²) < 4.78 is 42.5. The van der Waals surface area contributed by atoms with Crippen molar-refractivity contribution in [3.05, 3.63) is 71.5 Å². The number of hydrogen-bond acceptors (Lipinski definition) is 14. The number of anilines is 1. The summed E-state index contributed by atoms with van der Waals surface area (Å²) in [5.74, 6) is -3.39. The van der Waals surface area contributed by atoms with Crippen molar-refractivity contribution < 1.29 is 61.7 Å². The lowest BCUT2D eigenvalue weighted by molar-refractivity contribution is -0.432. The van der Waals surface area contributed by atoms with Crippen LogP contribution in [-0.2, 0) is 54.2 Å². The van der Waals surface area contributed by atoms with E-state index in [1.54, 1.807) is 6.07 Å². The first-order valence-corrected chi connectivity index (χ1v) is 21.2. The van der Waals surface area contributed by atoms with E-state index in [9.17, 15) is 42.4 Å². The Labute approximate surface area is 347 Å². The van der Waals surface area contributed by atoms with Crippen molar-refractivity contribution in [2.75, 3.05) is 38.2 Å². The number of fused-ring (bicyclic) bond motifs is 2. The SMILES string of the molecule is COC(=O)CN(CC(=O)O)C(CCCCNC(=O)CCCCCN1/C(=C/C=C/C2=Nc3ccc(S(=O)(=O)O)cc3C2(C)C)C(C)(C)c2cc(SOOO)ccc21)C(=O)O. The van der Waals surface area contributed by atoms with Gasteiger partial charge in [-0.2, -0.15) is 8.42 Å². The predicted octanol–water partition coefficient (Wildman–Crippen LogP) is 5.82. The number of esters is 1. The fraction of sp³-hybridized carbons (Fsp3) is 0.475. The first-order chi connectivity index (χ1) is 27.8. The number of allylic oxidation sites excluding steroid dienone is 4. The molecule has 2 aliphatic heterocycles. The van der Waals surface area contributed by atoms with Gasteiger partial charge in [0.2, 0.25) is 5.91 Å². The lowest BCUT2D eigenvalue weighted by Crippen LogP contribution is -2.46. The minimum atomic E-state index is -4.38. The highest BCUT2D eigenvalue weighted by Gasteiger charge is 2.40. The summed E-state index contributed by atoms with van der Waals surface area (Å²) in [6, 6.07) is 8.98. The van der Waals surface area contributed by atoms with Gasteiger partial charge in [0, 0.05) is 46.6 Å². The second kappa shape index (κ2) is 20.6. The molecule has 1 unspecified atom stereocenters. The molecule has 2 heterocycles. The average molecular weight is 861 g/mol. The Hall–Kier alpha value is -4.63. The van der Waals surface area contributed by atoms with Crippen molar-refractivity contribution in [1.29, 1.82) is 0 Å². The molecule has 4 rings (SSSR count). The molecule has 0 spiro atoms. The van der Waals surface area contributed by atoms with Gasteiger partial charge in [0.1, 0.15) is 6.04 Å². The van der Waals surface area contributed by atoms with Crippen molar-refractivity contribution in [2.45, 2.75) is 99.3 Å². The van der Waals surface area contributed by atoms with E-state index in [1.807, 2.05) is 50.3 Å². The monoisotopic (exact) mass is 860 g/mol. The van der Waals surface area contributed by atoms with Crippen LogP contribution in [0.25, 0.3) is 0 Å². The minimum absolute atomic E-state index is 0.0879. The molecule has 2 aliphatic rings. The van der Waals surface area contributed by atoms with E-state index in [0.717, 1.165) is 64.4 Å². The molecular formula is C40H52N4O13S2. The molecule has 0 bridgehead atoms. The fourth-order valence-electron chi connectivity index (χ4n) is 7.31. The number of aliphatic carboxylic acids is 2. The number of amides is 1. The van der Waals surface area contributed by atoms with Gasteiger partial charge in [-0.05, 0) is 91.8 Å². The molecule has 0 saturated heterocycles. The molecule has 0 saturated carbocycles. The van der Waals surface area contributed by atoms with Gasteiger partial charge in [-0.25, -0.2) is 5.26 Å². The maximum absolute atomic E-state index is 12.6. The number of hydrogen-bond donors (Lipinski definition) is 5. The summed E-state index contributed by atoms with van der Waals surface area (Å²) in [6.07, 6.45) is 9.24. The van der Waals surface area contributed by atoms with Crippen LogP contribution < -0.4 is 10.2 Å². The summed E-state index contributed by atoms with van der Waals surface area (Å²) in [4.78, 5) is 56.0. The average Bonchev–Trinajstić information content (AvgIpc) is 3.54. The van der Waals surface area contributed by atoms with Crippen LogP contribution in [0.15, 0.2) is 75.1 Å². The molecule has 17 nitrogen and oxygen atoms in total. The van der Waals surface area contributed by atoms with E-state index in [4.69, 9.17) is 10.2 Å². The summed E-state index contributed by atoms with van der Waals surface area (Å²) in [5.41, 5.74) is 3.97. The zero-order valence-electron chi connectivity index (χ0n) is 33.7.